The SMILES string of the molecule is NC(Cc1ccc(Cl)nc1Cl)C(F)F. The first-order valence-corrected chi connectivity index (χ1v) is 4.61. The van der Waals surface area contributed by atoms with Crippen LogP contribution in [-0.2, 0) is 6.42 Å². The van der Waals surface area contributed by atoms with E-state index in [4.69, 9.17) is 28.9 Å². The molecule has 14 heavy (non-hydrogen) atoms. The first kappa shape index (κ1) is 11.6. The predicted molar refractivity (Wildman–Crippen MR) is 51.9 cm³/mol. The Morgan fingerprint density at radius 3 is 2.50 bits per heavy atom. The summed E-state index contributed by atoms with van der Waals surface area (Å²) in [6, 6.07) is 1.80. The van der Waals surface area contributed by atoms with Gasteiger partial charge in [0.05, 0.1) is 6.04 Å². The third-order valence-corrected chi connectivity index (χ3v) is 2.21. The molecule has 0 bridgehead atoms. The van der Waals surface area contributed by atoms with E-state index in [-0.39, 0.29) is 16.7 Å². The van der Waals surface area contributed by atoms with Crippen LogP contribution in [-0.4, -0.2) is 17.5 Å². The van der Waals surface area contributed by atoms with Crippen molar-refractivity contribution in [3.63, 3.8) is 0 Å². The molecule has 78 valence electrons. The first-order chi connectivity index (χ1) is 6.50. The topological polar surface area (TPSA) is 38.9 Å². The Kier molecular flexibility index (Phi) is 4.04. The average Bonchev–Trinajstić information content (AvgIpc) is 2.09. The monoisotopic (exact) mass is 240 g/mol. The highest BCUT2D eigenvalue weighted by Crippen LogP contribution is 2.18. The Morgan fingerprint density at radius 1 is 1.36 bits per heavy atom. The maximum atomic E-state index is 12.1. The molecule has 0 spiro atoms. The first-order valence-electron chi connectivity index (χ1n) is 3.85. The zero-order valence-corrected chi connectivity index (χ0v) is 8.56. The number of alkyl halides is 2. The fourth-order valence-electron chi connectivity index (χ4n) is 0.936. The Morgan fingerprint density at radius 2 is 2.00 bits per heavy atom. The molecular formula is C8H8Cl2F2N2. The number of halogens is 4. The summed E-state index contributed by atoms with van der Waals surface area (Å²) in [6.45, 7) is 0. The van der Waals surface area contributed by atoms with Crippen LogP contribution in [0.5, 0.6) is 0 Å². The third-order valence-electron chi connectivity index (χ3n) is 1.67. The molecule has 0 aliphatic rings. The van der Waals surface area contributed by atoms with Gasteiger partial charge in [0.15, 0.2) is 0 Å². The summed E-state index contributed by atoms with van der Waals surface area (Å²) in [5.74, 6) is 0. The molecular weight excluding hydrogens is 233 g/mol. The van der Waals surface area contributed by atoms with Crippen molar-refractivity contribution < 1.29 is 8.78 Å². The van der Waals surface area contributed by atoms with Gasteiger partial charge in [0.2, 0.25) is 0 Å². The second-order valence-corrected chi connectivity index (χ2v) is 3.53. The molecule has 6 heteroatoms. The molecule has 0 aliphatic carbocycles. The molecule has 1 atom stereocenters. The fourth-order valence-corrected chi connectivity index (χ4v) is 1.36. The lowest BCUT2D eigenvalue weighted by Crippen LogP contribution is -2.31. The maximum Gasteiger partial charge on any atom is 0.253 e. The van der Waals surface area contributed by atoms with E-state index < -0.39 is 12.5 Å². The van der Waals surface area contributed by atoms with Gasteiger partial charge in [0.1, 0.15) is 10.3 Å². The molecule has 2 N–H and O–H groups in total. The van der Waals surface area contributed by atoms with Gasteiger partial charge in [0.25, 0.3) is 6.43 Å². The van der Waals surface area contributed by atoms with Crippen molar-refractivity contribution in [3.05, 3.63) is 28.0 Å². The lowest BCUT2D eigenvalue weighted by Gasteiger charge is -2.10. The van der Waals surface area contributed by atoms with Gasteiger partial charge in [-0.05, 0) is 18.1 Å². The summed E-state index contributed by atoms with van der Waals surface area (Å²) in [5, 5.41) is 0.345. The summed E-state index contributed by atoms with van der Waals surface area (Å²) in [5.41, 5.74) is 5.66. The highest BCUT2D eigenvalue weighted by Gasteiger charge is 2.17. The normalized spacial score (nSPS) is 13.3. The molecule has 2 nitrogen and oxygen atoms in total. The molecule has 1 aromatic heterocycles. The Balaban J connectivity index is 2.77. The number of pyridine rings is 1. The van der Waals surface area contributed by atoms with Crippen LogP contribution in [0, 0.1) is 0 Å². The van der Waals surface area contributed by atoms with Crippen molar-refractivity contribution in [3.8, 4) is 0 Å². The van der Waals surface area contributed by atoms with Gasteiger partial charge in [0, 0.05) is 0 Å². The van der Waals surface area contributed by atoms with Crippen LogP contribution in [0.1, 0.15) is 5.56 Å². The zero-order chi connectivity index (χ0) is 10.7. The highest BCUT2D eigenvalue weighted by atomic mass is 35.5. The number of aromatic nitrogens is 1. The van der Waals surface area contributed by atoms with Crippen molar-refractivity contribution in [1.82, 2.24) is 4.98 Å². The van der Waals surface area contributed by atoms with Crippen LogP contribution >= 0.6 is 23.2 Å². The lowest BCUT2D eigenvalue weighted by atomic mass is 10.1. The van der Waals surface area contributed by atoms with Gasteiger partial charge in [-0.25, -0.2) is 13.8 Å². The Labute approximate surface area is 90.0 Å². The van der Waals surface area contributed by atoms with E-state index in [1.165, 1.54) is 6.07 Å². The molecule has 0 amide bonds. The second-order valence-electron chi connectivity index (χ2n) is 2.79. The minimum Gasteiger partial charge on any atom is -0.323 e. The minimum absolute atomic E-state index is 0.0132. The zero-order valence-electron chi connectivity index (χ0n) is 7.05. The average molecular weight is 241 g/mol. The highest BCUT2D eigenvalue weighted by molar-refractivity contribution is 6.32. The van der Waals surface area contributed by atoms with E-state index in [1.807, 2.05) is 0 Å². The van der Waals surface area contributed by atoms with Crippen molar-refractivity contribution >= 4 is 23.2 Å². The van der Waals surface area contributed by atoms with Crippen molar-refractivity contribution in [2.45, 2.75) is 18.9 Å². The van der Waals surface area contributed by atoms with Gasteiger partial charge in [-0.3, -0.25) is 0 Å². The number of hydrogen-bond donors (Lipinski definition) is 1. The van der Waals surface area contributed by atoms with Crippen LogP contribution in [0.3, 0.4) is 0 Å². The smallest absolute Gasteiger partial charge is 0.253 e. The van der Waals surface area contributed by atoms with E-state index in [0.717, 1.165) is 0 Å². The summed E-state index contributed by atoms with van der Waals surface area (Å²) in [6.07, 6.45) is -2.58. The van der Waals surface area contributed by atoms with Gasteiger partial charge >= 0.3 is 0 Å². The molecule has 1 heterocycles. The molecule has 0 saturated heterocycles. The molecule has 1 rings (SSSR count). The lowest BCUT2D eigenvalue weighted by molar-refractivity contribution is 0.116. The summed E-state index contributed by atoms with van der Waals surface area (Å²) in [7, 11) is 0. The third kappa shape index (κ3) is 3.04. The molecule has 1 aromatic rings. The van der Waals surface area contributed by atoms with E-state index in [2.05, 4.69) is 4.98 Å². The standard InChI is InChI=1S/C8H8Cl2F2N2/c9-6-2-1-4(7(10)14-6)3-5(13)8(11)12/h1-2,5,8H,3,13H2. The van der Waals surface area contributed by atoms with Crippen LogP contribution in [0.15, 0.2) is 12.1 Å². The van der Waals surface area contributed by atoms with Crippen molar-refractivity contribution in [2.24, 2.45) is 5.73 Å². The van der Waals surface area contributed by atoms with Crippen molar-refractivity contribution in [2.75, 3.05) is 0 Å². The summed E-state index contributed by atoms with van der Waals surface area (Å²) >= 11 is 11.2. The molecule has 0 fully saturated rings. The number of nitrogens with zero attached hydrogens (tertiary/aromatic N) is 1. The van der Waals surface area contributed by atoms with Crippen LogP contribution in [0.2, 0.25) is 10.3 Å². The van der Waals surface area contributed by atoms with E-state index >= 15 is 0 Å². The Bertz CT molecular complexity index is 320. The largest absolute Gasteiger partial charge is 0.323 e. The van der Waals surface area contributed by atoms with Gasteiger partial charge in [-0.15, -0.1) is 0 Å². The van der Waals surface area contributed by atoms with Crippen LogP contribution in [0.25, 0.3) is 0 Å². The minimum atomic E-state index is -2.57. The maximum absolute atomic E-state index is 12.1. The number of nitrogens with two attached hydrogens (primary N) is 1. The summed E-state index contributed by atoms with van der Waals surface area (Å²) in [4.78, 5) is 3.72. The fraction of sp³-hybridized carbons (Fsp3) is 0.375. The number of rotatable bonds is 3. The quantitative estimate of drug-likeness (QED) is 0.825. The van der Waals surface area contributed by atoms with Gasteiger partial charge in [-0.1, -0.05) is 29.3 Å². The summed E-state index contributed by atoms with van der Waals surface area (Å²) < 4.78 is 24.2. The molecule has 0 aliphatic heterocycles. The molecule has 0 radical (unpaired) electrons. The van der Waals surface area contributed by atoms with E-state index in [9.17, 15) is 8.78 Å². The number of hydrogen-bond acceptors (Lipinski definition) is 2. The molecule has 0 aromatic carbocycles. The second kappa shape index (κ2) is 4.87. The van der Waals surface area contributed by atoms with Gasteiger partial charge in [-0.2, -0.15) is 0 Å². The van der Waals surface area contributed by atoms with Crippen molar-refractivity contribution in [1.29, 1.82) is 0 Å². The predicted octanol–water partition coefficient (Wildman–Crippen LogP) is 2.52. The van der Waals surface area contributed by atoms with Gasteiger partial charge < -0.3 is 5.73 Å². The molecule has 0 saturated carbocycles. The van der Waals surface area contributed by atoms with Crippen LogP contribution < -0.4 is 5.73 Å². The van der Waals surface area contributed by atoms with Crippen LogP contribution in [0.4, 0.5) is 8.78 Å². The molecule has 1 unspecified atom stereocenters. The van der Waals surface area contributed by atoms with E-state index in [0.29, 0.717) is 5.56 Å². The Hall–Kier alpha value is -0.450. The van der Waals surface area contributed by atoms with E-state index in [1.54, 1.807) is 6.07 Å².